The highest BCUT2D eigenvalue weighted by Crippen LogP contribution is 2.27. The minimum atomic E-state index is -0.921. The quantitative estimate of drug-likeness (QED) is 0.756. The normalized spacial score (nSPS) is 12.3. The van der Waals surface area contributed by atoms with Crippen LogP contribution < -0.4 is 5.32 Å². The van der Waals surface area contributed by atoms with Gasteiger partial charge in [0, 0.05) is 23.7 Å². The van der Waals surface area contributed by atoms with Gasteiger partial charge in [-0.15, -0.1) is 0 Å². The van der Waals surface area contributed by atoms with Crippen molar-refractivity contribution in [2.75, 3.05) is 11.9 Å². The lowest BCUT2D eigenvalue weighted by Crippen LogP contribution is -2.20. The van der Waals surface area contributed by atoms with E-state index in [4.69, 9.17) is 5.11 Å². The maximum Gasteiger partial charge on any atom is 0.336 e. The van der Waals surface area contributed by atoms with Gasteiger partial charge in [-0.2, -0.15) is 0 Å². The first kappa shape index (κ1) is 14.3. The number of carboxylic acid groups (broad SMARTS) is 1. The first-order valence-electron chi connectivity index (χ1n) is 6.79. The molecule has 4 nitrogen and oxygen atoms in total. The summed E-state index contributed by atoms with van der Waals surface area (Å²) in [7, 11) is 0. The molecule has 0 amide bonds. The van der Waals surface area contributed by atoms with E-state index in [1.165, 1.54) is 0 Å². The van der Waals surface area contributed by atoms with Gasteiger partial charge in [0.2, 0.25) is 0 Å². The van der Waals surface area contributed by atoms with E-state index >= 15 is 0 Å². The molecule has 0 aliphatic rings. The fourth-order valence-electron chi connectivity index (χ4n) is 2.37. The molecule has 0 aromatic heterocycles. The van der Waals surface area contributed by atoms with Crippen molar-refractivity contribution in [3.05, 3.63) is 42.0 Å². The Bertz CT molecular complexity index is 610. The van der Waals surface area contributed by atoms with E-state index < -0.39 is 5.97 Å². The van der Waals surface area contributed by atoms with Gasteiger partial charge in [-0.25, -0.2) is 4.79 Å². The van der Waals surface area contributed by atoms with Crippen LogP contribution in [0.3, 0.4) is 0 Å². The second-order valence-corrected chi connectivity index (χ2v) is 4.77. The zero-order valence-electron chi connectivity index (χ0n) is 11.5. The molecule has 0 heterocycles. The van der Waals surface area contributed by atoms with Gasteiger partial charge in [-0.05, 0) is 30.4 Å². The first-order chi connectivity index (χ1) is 9.67. The van der Waals surface area contributed by atoms with Crippen LogP contribution in [-0.2, 0) is 0 Å². The van der Waals surface area contributed by atoms with E-state index in [1.807, 2.05) is 24.3 Å². The van der Waals surface area contributed by atoms with Gasteiger partial charge in [0.05, 0.1) is 5.56 Å². The maximum atomic E-state index is 11.3. The molecule has 0 aliphatic heterocycles. The summed E-state index contributed by atoms with van der Waals surface area (Å²) < 4.78 is 0. The highest BCUT2D eigenvalue weighted by atomic mass is 16.4. The number of aromatic carboxylic acids is 1. The van der Waals surface area contributed by atoms with Gasteiger partial charge >= 0.3 is 5.97 Å². The van der Waals surface area contributed by atoms with Crippen molar-refractivity contribution in [3.63, 3.8) is 0 Å². The molecule has 2 aromatic carbocycles. The third-order valence-electron chi connectivity index (χ3n) is 3.48. The third kappa shape index (κ3) is 2.91. The number of carbonyl (C=O) groups is 1. The summed E-state index contributed by atoms with van der Waals surface area (Å²) in [5, 5.41) is 23.3. The van der Waals surface area contributed by atoms with Gasteiger partial charge in [-0.3, -0.25) is 0 Å². The average Bonchev–Trinajstić information content (AvgIpc) is 2.46. The molecule has 106 valence electrons. The second kappa shape index (κ2) is 6.39. The van der Waals surface area contributed by atoms with Crippen molar-refractivity contribution < 1.29 is 15.0 Å². The van der Waals surface area contributed by atoms with E-state index in [1.54, 1.807) is 12.1 Å². The van der Waals surface area contributed by atoms with Crippen LogP contribution in [0.4, 0.5) is 5.69 Å². The second-order valence-electron chi connectivity index (χ2n) is 4.77. The number of hydrogen-bond acceptors (Lipinski definition) is 3. The summed E-state index contributed by atoms with van der Waals surface area (Å²) in [6, 6.07) is 11.1. The molecule has 0 saturated heterocycles. The van der Waals surface area contributed by atoms with E-state index in [0.29, 0.717) is 12.0 Å². The van der Waals surface area contributed by atoms with Crippen molar-refractivity contribution >= 4 is 22.4 Å². The molecule has 0 saturated carbocycles. The van der Waals surface area contributed by atoms with Crippen molar-refractivity contribution in [3.8, 4) is 0 Å². The molecule has 0 spiro atoms. The number of carboxylic acids is 1. The summed E-state index contributed by atoms with van der Waals surface area (Å²) in [5.41, 5.74) is 1.22. The van der Waals surface area contributed by atoms with Crippen molar-refractivity contribution in [2.45, 2.75) is 25.8 Å². The Morgan fingerprint density at radius 3 is 2.50 bits per heavy atom. The monoisotopic (exact) mass is 273 g/mol. The summed E-state index contributed by atoms with van der Waals surface area (Å²) in [4.78, 5) is 11.3. The molecule has 1 unspecified atom stereocenters. The maximum absolute atomic E-state index is 11.3. The van der Waals surface area contributed by atoms with E-state index in [0.717, 1.165) is 22.9 Å². The Morgan fingerprint density at radius 1 is 1.20 bits per heavy atom. The van der Waals surface area contributed by atoms with Gasteiger partial charge in [0.25, 0.3) is 0 Å². The van der Waals surface area contributed by atoms with Crippen LogP contribution in [0.25, 0.3) is 10.8 Å². The number of aliphatic hydroxyl groups is 1. The van der Waals surface area contributed by atoms with Crippen molar-refractivity contribution in [1.82, 2.24) is 0 Å². The molecular formula is C16H19NO3. The largest absolute Gasteiger partial charge is 0.478 e. The van der Waals surface area contributed by atoms with Gasteiger partial charge in [0.15, 0.2) is 0 Å². The molecule has 1 atom stereocenters. The topological polar surface area (TPSA) is 69.6 Å². The molecule has 0 bridgehead atoms. The van der Waals surface area contributed by atoms with Crippen LogP contribution in [0.2, 0.25) is 0 Å². The van der Waals surface area contributed by atoms with E-state index in [2.05, 4.69) is 12.2 Å². The minimum Gasteiger partial charge on any atom is -0.478 e. The third-order valence-corrected chi connectivity index (χ3v) is 3.48. The Morgan fingerprint density at radius 2 is 1.90 bits per heavy atom. The number of nitrogens with one attached hydrogen (secondary N) is 1. The van der Waals surface area contributed by atoms with Crippen LogP contribution in [0.1, 0.15) is 30.1 Å². The molecule has 3 N–H and O–H groups in total. The fraction of sp³-hybridized carbons (Fsp3) is 0.312. The SMILES string of the molecule is CCC(CCO)Nc1ccc(C(=O)O)c2ccccc12. The molecule has 0 fully saturated rings. The molecule has 2 aromatic rings. The van der Waals surface area contributed by atoms with Crippen LogP contribution >= 0.6 is 0 Å². The standard InChI is InChI=1S/C16H19NO3/c1-2-11(9-10-18)17-15-8-7-14(16(19)20)12-5-3-4-6-13(12)15/h3-8,11,17-18H,2,9-10H2,1H3,(H,19,20). The van der Waals surface area contributed by atoms with E-state index in [9.17, 15) is 9.90 Å². The number of benzene rings is 2. The number of rotatable bonds is 6. The van der Waals surface area contributed by atoms with Gasteiger partial charge in [-0.1, -0.05) is 31.2 Å². The zero-order chi connectivity index (χ0) is 14.5. The Balaban J connectivity index is 2.45. The van der Waals surface area contributed by atoms with Crippen LogP contribution in [0.5, 0.6) is 0 Å². The Hall–Kier alpha value is -2.07. The molecule has 0 radical (unpaired) electrons. The Labute approximate surface area is 118 Å². The summed E-state index contributed by atoms with van der Waals surface area (Å²) in [5.74, 6) is -0.921. The lowest BCUT2D eigenvalue weighted by atomic mass is 10.0. The van der Waals surface area contributed by atoms with Gasteiger partial charge < -0.3 is 15.5 Å². The first-order valence-corrected chi connectivity index (χ1v) is 6.79. The number of aliphatic hydroxyl groups excluding tert-OH is 1. The van der Waals surface area contributed by atoms with Crippen LogP contribution in [0, 0.1) is 0 Å². The molecule has 20 heavy (non-hydrogen) atoms. The molecule has 4 heteroatoms. The predicted molar refractivity (Wildman–Crippen MR) is 80.3 cm³/mol. The minimum absolute atomic E-state index is 0.136. The van der Waals surface area contributed by atoms with Crippen LogP contribution in [-0.4, -0.2) is 28.8 Å². The zero-order valence-corrected chi connectivity index (χ0v) is 11.5. The summed E-state index contributed by atoms with van der Waals surface area (Å²) >= 11 is 0. The molecular weight excluding hydrogens is 254 g/mol. The number of anilines is 1. The average molecular weight is 273 g/mol. The van der Waals surface area contributed by atoms with E-state index in [-0.39, 0.29) is 12.6 Å². The summed E-state index contributed by atoms with van der Waals surface area (Å²) in [6.45, 7) is 2.19. The number of hydrogen-bond donors (Lipinski definition) is 3. The number of fused-ring (bicyclic) bond motifs is 1. The highest BCUT2D eigenvalue weighted by molar-refractivity contribution is 6.07. The van der Waals surface area contributed by atoms with Crippen molar-refractivity contribution in [2.24, 2.45) is 0 Å². The summed E-state index contributed by atoms with van der Waals surface area (Å²) in [6.07, 6.45) is 1.57. The smallest absolute Gasteiger partial charge is 0.336 e. The highest BCUT2D eigenvalue weighted by Gasteiger charge is 2.12. The van der Waals surface area contributed by atoms with Crippen LogP contribution in [0.15, 0.2) is 36.4 Å². The fourth-order valence-corrected chi connectivity index (χ4v) is 2.37. The molecule has 2 rings (SSSR count). The lowest BCUT2D eigenvalue weighted by Gasteiger charge is -2.19. The molecule has 0 aliphatic carbocycles. The predicted octanol–water partition coefficient (Wildman–Crippen LogP) is 3.11. The van der Waals surface area contributed by atoms with Gasteiger partial charge in [0.1, 0.15) is 0 Å². The van der Waals surface area contributed by atoms with Crippen molar-refractivity contribution in [1.29, 1.82) is 0 Å². The Kier molecular flexibility index (Phi) is 4.58. The lowest BCUT2D eigenvalue weighted by molar-refractivity contribution is 0.0699.